The van der Waals surface area contributed by atoms with E-state index in [0.29, 0.717) is 30.6 Å². The van der Waals surface area contributed by atoms with Gasteiger partial charge in [0.05, 0.1) is 26.0 Å². The Balaban J connectivity index is 2.14. The summed E-state index contributed by atoms with van der Waals surface area (Å²) in [5, 5.41) is 7.56. The Bertz CT molecular complexity index is 708. The SMILES string of the molecule is CCNC(=NCc1nc(C)c(C)s1)Nc1ccc(OC)c(OCC)c1. The van der Waals surface area contributed by atoms with E-state index in [1.807, 2.05) is 39.0 Å². The van der Waals surface area contributed by atoms with Gasteiger partial charge in [0.1, 0.15) is 5.01 Å². The Hall–Kier alpha value is -2.28. The molecule has 0 aliphatic carbocycles. The fraction of sp³-hybridized carbons (Fsp3) is 0.444. The van der Waals surface area contributed by atoms with Crippen molar-refractivity contribution in [1.29, 1.82) is 0 Å². The highest BCUT2D eigenvalue weighted by atomic mass is 32.1. The zero-order chi connectivity index (χ0) is 18.2. The van der Waals surface area contributed by atoms with Crippen molar-refractivity contribution in [2.45, 2.75) is 34.2 Å². The number of ether oxygens (including phenoxy) is 2. The number of nitrogens with one attached hydrogen (secondary N) is 2. The van der Waals surface area contributed by atoms with E-state index in [4.69, 9.17) is 9.47 Å². The second-order valence-electron chi connectivity index (χ2n) is 5.37. The van der Waals surface area contributed by atoms with Gasteiger partial charge in [0.25, 0.3) is 0 Å². The maximum absolute atomic E-state index is 5.62. The summed E-state index contributed by atoms with van der Waals surface area (Å²) in [6, 6.07) is 5.73. The van der Waals surface area contributed by atoms with Gasteiger partial charge in [-0.15, -0.1) is 11.3 Å². The first-order valence-corrected chi connectivity index (χ1v) is 9.18. The monoisotopic (exact) mass is 362 g/mol. The lowest BCUT2D eigenvalue weighted by Gasteiger charge is -2.14. The molecule has 1 aromatic heterocycles. The molecule has 0 saturated carbocycles. The summed E-state index contributed by atoms with van der Waals surface area (Å²) in [5.41, 5.74) is 1.96. The highest BCUT2D eigenvalue weighted by Gasteiger charge is 2.08. The number of hydrogen-bond donors (Lipinski definition) is 2. The van der Waals surface area contributed by atoms with Gasteiger partial charge in [-0.2, -0.15) is 0 Å². The van der Waals surface area contributed by atoms with E-state index in [-0.39, 0.29) is 0 Å². The molecule has 25 heavy (non-hydrogen) atoms. The molecule has 0 atom stereocenters. The largest absolute Gasteiger partial charge is 0.493 e. The lowest BCUT2D eigenvalue weighted by Crippen LogP contribution is -2.30. The summed E-state index contributed by atoms with van der Waals surface area (Å²) in [7, 11) is 1.63. The molecular weight excluding hydrogens is 336 g/mol. The van der Waals surface area contributed by atoms with Crippen LogP contribution in [-0.4, -0.2) is 31.2 Å². The number of methoxy groups -OCH3 is 1. The predicted octanol–water partition coefficient (Wildman–Crippen LogP) is 3.74. The molecule has 1 aromatic carbocycles. The van der Waals surface area contributed by atoms with Gasteiger partial charge in [0.15, 0.2) is 17.5 Å². The van der Waals surface area contributed by atoms with E-state index in [1.165, 1.54) is 4.88 Å². The van der Waals surface area contributed by atoms with Gasteiger partial charge >= 0.3 is 0 Å². The highest BCUT2D eigenvalue weighted by molar-refractivity contribution is 7.11. The highest BCUT2D eigenvalue weighted by Crippen LogP contribution is 2.30. The van der Waals surface area contributed by atoms with Gasteiger partial charge in [-0.1, -0.05) is 0 Å². The quantitative estimate of drug-likeness (QED) is 0.580. The molecule has 2 N–H and O–H groups in total. The molecule has 0 radical (unpaired) electrons. The fourth-order valence-corrected chi connectivity index (χ4v) is 3.08. The molecular formula is C18H26N4O2S. The summed E-state index contributed by atoms with van der Waals surface area (Å²) in [6.07, 6.45) is 0. The van der Waals surface area contributed by atoms with Gasteiger partial charge in [0.2, 0.25) is 0 Å². The van der Waals surface area contributed by atoms with Crippen molar-refractivity contribution in [3.63, 3.8) is 0 Å². The number of hydrogen-bond acceptors (Lipinski definition) is 5. The molecule has 6 nitrogen and oxygen atoms in total. The number of thiazole rings is 1. The van der Waals surface area contributed by atoms with Crippen LogP contribution in [-0.2, 0) is 6.54 Å². The third kappa shape index (κ3) is 5.35. The van der Waals surface area contributed by atoms with Crippen molar-refractivity contribution in [2.75, 3.05) is 25.6 Å². The Kier molecular flexibility index (Phi) is 7.06. The second kappa shape index (κ2) is 9.27. The molecule has 2 rings (SSSR count). The Morgan fingerprint density at radius 2 is 2.04 bits per heavy atom. The van der Waals surface area contributed by atoms with Crippen LogP contribution in [0.3, 0.4) is 0 Å². The third-order valence-electron chi connectivity index (χ3n) is 3.52. The smallest absolute Gasteiger partial charge is 0.196 e. The summed E-state index contributed by atoms with van der Waals surface area (Å²) in [6.45, 7) is 9.99. The molecule has 7 heteroatoms. The van der Waals surface area contributed by atoms with E-state index in [1.54, 1.807) is 18.4 Å². The predicted molar refractivity (Wildman–Crippen MR) is 104 cm³/mol. The minimum absolute atomic E-state index is 0.545. The van der Waals surface area contributed by atoms with Crippen LogP contribution in [0.2, 0.25) is 0 Å². The Labute approximate surface area is 153 Å². The van der Waals surface area contributed by atoms with Crippen LogP contribution in [0.25, 0.3) is 0 Å². The maximum Gasteiger partial charge on any atom is 0.196 e. The number of nitrogens with zero attached hydrogens (tertiary/aromatic N) is 2. The first kappa shape index (κ1) is 19.1. The third-order valence-corrected chi connectivity index (χ3v) is 4.57. The number of guanidine groups is 1. The molecule has 0 fully saturated rings. The number of anilines is 1. The standard InChI is InChI=1S/C18H26N4O2S/c1-6-19-18(20-11-17-21-12(3)13(4)25-17)22-14-8-9-15(23-5)16(10-14)24-7-2/h8-10H,6-7,11H2,1-5H3,(H2,19,20,22). The van der Waals surface area contributed by atoms with Crippen LogP contribution in [0.1, 0.15) is 29.4 Å². The van der Waals surface area contributed by atoms with Crippen LogP contribution in [0, 0.1) is 13.8 Å². The maximum atomic E-state index is 5.62. The van der Waals surface area contributed by atoms with Crippen molar-refractivity contribution >= 4 is 23.0 Å². The van der Waals surface area contributed by atoms with E-state index < -0.39 is 0 Å². The van der Waals surface area contributed by atoms with Crippen LogP contribution < -0.4 is 20.1 Å². The average molecular weight is 362 g/mol. The summed E-state index contributed by atoms with van der Waals surface area (Å²) in [5.74, 6) is 2.13. The number of aliphatic imine (C=N–C) groups is 1. The Morgan fingerprint density at radius 3 is 2.64 bits per heavy atom. The molecule has 0 aliphatic heterocycles. The Morgan fingerprint density at radius 1 is 1.24 bits per heavy atom. The summed E-state index contributed by atoms with van der Waals surface area (Å²) < 4.78 is 10.9. The van der Waals surface area contributed by atoms with Gasteiger partial charge in [-0.3, -0.25) is 0 Å². The molecule has 0 amide bonds. The minimum atomic E-state index is 0.545. The lowest BCUT2D eigenvalue weighted by molar-refractivity contribution is 0.311. The van der Waals surface area contributed by atoms with Crippen LogP contribution >= 0.6 is 11.3 Å². The van der Waals surface area contributed by atoms with Crippen LogP contribution in [0.4, 0.5) is 5.69 Å². The molecule has 0 aliphatic rings. The van der Waals surface area contributed by atoms with Gasteiger partial charge in [-0.05, 0) is 39.8 Å². The molecule has 0 spiro atoms. The van der Waals surface area contributed by atoms with Crippen LogP contribution in [0.5, 0.6) is 11.5 Å². The first-order chi connectivity index (χ1) is 12.1. The minimum Gasteiger partial charge on any atom is -0.493 e. The molecule has 136 valence electrons. The molecule has 1 heterocycles. The number of aryl methyl sites for hydroxylation is 2. The van der Waals surface area contributed by atoms with Crippen molar-refractivity contribution in [3.8, 4) is 11.5 Å². The fourth-order valence-electron chi connectivity index (χ4n) is 2.22. The first-order valence-electron chi connectivity index (χ1n) is 8.36. The zero-order valence-corrected chi connectivity index (χ0v) is 16.3. The number of aromatic nitrogens is 1. The zero-order valence-electron chi connectivity index (χ0n) is 15.5. The second-order valence-corrected chi connectivity index (χ2v) is 6.66. The van der Waals surface area contributed by atoms with E-state index in [0.717, 1.165) is 22.9 Å². The molecule has 0 saturated heterocycles. The van der Waals surface area contributed by atoms with Crippen molar-refractivity contribution in [3.05, 3.63) is 33.8 Å². The van der Waals surface area contributed by atoms with Crippen molar-refractivity contribution in [2.24, 2.45) is 4.99 Å². The van der Waals surface area contributed by atoms with Gasteiger partial charge in [-0.25, -0.2) is 9.98 Å². The summed E-state index contributed by atoms with van der Waals surface area (Å²) >= 11 is 1.68. The summed E-state index contributed by atoms with van der Waals surface area (Å²) in [4.78, 5) is 10.4. The molecule has 0 unspecified atom stereocenters. The average Bonchev–Trinajstić information content (AvgIpc) is 2.92. The van der Waals surface area contributed by atoms with Gasteiger partial charge < -0.3 is 20.1 Å². The molecule has 0 bridgehead atoms. The van der Waals surface area contributed by atoms with E-state index in [9.17, 15) is 0 Å². The normalized spacial score (nSPS) is 11.3. The van der Waals surface area contributed by atoms with E-state index >= 15 is 0 Å². The molecule has 2 aromatic rings. The lowest BCUT2D eigenvalue weighted by atomic mass is 10.2. The van der Waals surface area contributed by atoms with Gasteiger partial charge in [0, 0.05) is 23.2 Å². The topological polar surface area (TPSA) is 67.8 Å². The number of benzene rings is 1. The van der Waals surface area contributed by atoms with Crippen molar-refractivity contribution in [1.82, 2.24) is 10.3 Å². The van der Waals surface area contributed by atoms with Crippen LogP contribution in [0.15, 0.2) is 23.2 Å². The van der Waals surface area contributed by atoms with Crippen molar-refractivity contribution < 1.29 is 9.47 Å². The van der Waals surface area contributed by atoms with E-state index in [2.05, 4.69) is 27.5 Å². The number of rotatable bonds is 7.